The molecule has 16 heavy (non-hydrogen) atoms. The highest BCUT2D eigenvalue weighted by Gasteiger charge is 2.23. The molecule has 1 aromatic carbocycles. The molecule has 1 N–H and O–H groups in total. The van der Waals surface area contributed by atoms with Gasteiger partial charge in [0.25, 0.3) is 0 Å². The maximum atomic E-state index is 10.9. The highest BCUT2D eigenvalue weighted by Crippen LogP contribution is 2.26. The Morgan fingerprint density at radius 2 is 2.38 bits per heavy atom. The molecule has 3 rings (SSSR count). The second-order valence-corrected chi connectivity index (χ2v) is 4.15. The van der Waals surface area contributed by atoms with Crippen molar-refractivity contribution >= 4 is 6.09 Å². The second-order valence-electron chi connectivity index (χ2n) is 4.15. The highest BCUT2D eigenvalue weighted by atomic mass is 16.6. The van der Waals surface area contributed by atoms with Crippen molar-refractivity contribution in [2.75, 3.05) is 13.2 Å². The van der Waals surface area contributed by atoms with E-state index in [1.807, 2.05) is 12.1 Å². The minimum atomic E-state index is -0.311. The van der Waals surface area contributed by atoms with Gasteiger partial charge in [-0.2, -0.15) is 0 Å². The van der Waals surface area contributed by atoms with Gasteiger partial charge < -0.3 is 14.8 Å². The third kappa shape index (κ3) is 1.71. The van der Waals surface area contributed by atoms with Crippen molar-refractivity contribution in [1.82, 2.24) is 5.32 Å². The van der Waals surface area contributed by atoms with Gasteiger partial charge in [-0.05, 0) is 17.2 Å². The zero-order valence-electron chi connectivity index (χ0n) is 8.86. The number of rotatable bonds is 2. The minimum Gasteiger partial charge on any atom is -0.493 e. The number of ether oxygens (including phenoxy) is 2. The number of hydrogen-bond donors (Lipinski definition) is 1. The molecular formula is C12H13NO3. The molecule has 0 spiro atoms. The molecule has 1 saturated heterocycles. The third-order valence-electron chi connectivity index (χ3n) is 2.97. The van der Waals surface area contributed by atoms with Gasteiger partial charge >= 0.3 is 6.09 Å². The maximum absolute atomic E-state index is 10.9. The van der Waals surface area contributed by atoms with Crippen LogP contribution in [-0.4, -0.2) is 25.3 Å². The minimum absolute atomic E-state index is 0.0344. The molecule has 84 valence electrons. The predicted molar refractivity (Wildman–Crippen MR) is 57.6 cm³/mol. The fraction of sp³-hybridized carbons (Fsp3) is 0.417. The summed E-state index contributed by atoms with van der Waals surface area (Å²) in [4.78, 5) is 10.9. The first-order chi connectivity index (χ1) is 7.81. The Morgan fingerprint density at radius 1 is 1.44 bits per heavy atom. The van der Waals surface area contributed by atoms with Crippen molar-refractivity contribution in [1.29, 1.82) is 0 Å². The summed E-state index contributed by atoms with van der Waals surface area (Å²) in [5.74, 6) is 0.991. The molecule has 2 aliphatic heterocycles. The molecule has 2 heterocycles. The van der Waals surface area contributed by atoms with Crippen LogP contribution >= 0.6 is 0 Å². The van der Waals surface area contributed by atoms with Crippen LogP contribution in [0.3, 0.4) is 0 Å². The molecule has 1 aromatic rings. The van der Waals surface area contributed by atoms with E-state index in [2.05, 4.69) is 11.4 Å². The first kappa shape index (κ1) is 9.51. The Bertz CT molecular complexity index is 430. The molecule has 1 amide bonds. The Labute approximate surface area is 93.5 Å². The SMILES string of the molecule is O=C1NCC(Cc2ccc3c(c2)CCO3)O1. The van der Waals surface area contributed by atoms with E-state index in [4.69, 9.17) is 9.47 Å². The average molecular weight is 219 g/mol. The molecule has 1 unspecified atom stereocenters. The van der Waals surface area contributed by atoms with Crippen LogP contribution < -0.4 is 10.1 Å². The van der Waals surface area contributed by atoms with Crippen molar-refractivity contribution in [2.24, 2.45) is 0 Å². The summed E-state index contributed by atoms with van der Waals surface area (Å²) in [6.07, 6.45) is 1.40. The molecule has 4 heteroatoms. The Balaban J connectivity index is 1.73. The first-order valence-corrected chi connectivity index (χ1v) is 5.50. The zero-order chi connectivity index (χ0) is 11.0. The first-order valence-electron chi connectivity index (χ1n) is 5.50. The van der Waals surface area contributed by atoms with Crippen molar-refractivity contribution in [2.45, 2.75) is 18.9 Å². The molecule has 1 atom stereocenters. The van der Waals surface area contributed by atoms with Gasteiger partial charge in [-0.1, -0.05) is 12.1 Å². The van der Waals surface area contributed by atoms with E-state index in [0.717, 1.165) is 25.2 Å². The second kappa shape index (κ2) is 3.70. The van der Waals surface area contributed by atoms with Gasteiger partial charge in [-0.25, -0.2) is 4.79 Å². The van der Waals surface area contributed by atoms with Gasteiger partial charge in [0.2, 0.25) is 0 Å². The molecule has 0 bridgehead atoms. The fourth-order valence-corrected chi connectivity index (χ4v) is 2.18. The molecule has 2 aliphatic rings. The number of nitrogens with one attached hydrogen (secondary N) is 1. The quantitative estimate of drug-likeness (QED) is 0.814. The summed E-state index contributed by atoms with van der Waals surface area (Å²) in [6, 6.07) is 6.19. The van der Waals surface area contributed by atoms with Crippen molar-refractivity contribution in [3.8, 4) is 5.75 Å². The topological polar surface area (TPSA) is 47.6 Å². The Hall–Kier alpha value is -1.71. The van der Waals surface area contributed by atoms with E-state index in [9.17, 15) is 4.79 Å². The lowest BCUT2D eigenvalue weighted by Crippen LogP contribution is -2.16. The summed E-state index contributed by atoms with van der Waals surface area (Å²) < 4.78 is 10.5. The van der Waals surface area contributed by atoms with E-state index in [0.29, 0.717) is 6.54 Å². The van der Waals surface area contributed by atoms with Gasteiger partial charge in [0.05, 0.1) is 13.2 Å². The zero-order valence-corrected chi connectivity index (χ0v) is 8.86. The van der Waals surface area contributed by atoms with Crippen molar-refractivity contribution in [3.05, 3.63) is 29.3 Å². The molecule has 1 fully saturated rings. The van der Waals surface area contributed by atoms with Crippen LogP contribution in [-0.2, 0) is 17.6 Å². The number of carbonyl (C=O) groups is 1. The van der Waals surface area contributed by atoms with Gasteiger partial charge in [0, 0.05) is 12.8 Å². The van der Waals surface area contributed by atoms with Crippen LogP contribution in [0.2, 0.25) is 0 Å². The summed E-state index contributed by atoms with van der Waals surface area (Å²) in [6.45, 7) is 1.38. The lowest BCUT2D eigenvalue weighted by atomic mass is 10.0. The standard InChI is InChI=1S/C12H13NO3/c14-12-13-7-10(16-12)6-8-1-2-11-9(5-8)3-4-15-11/h1-2,5,10H,3-4,6-7H2,(H,13,14). The monoisotopic (exact) mass is 219 g/mol. The number of carbonyl (C=O) groups excluding carboxylic acids is 1. The molecule has 4 nitrogen and oxygen atoms in total. The third-order valence-corrected chi connectivity index (χ3v) is 2.97. The van der Waals surface area contributed by atoms with E-state index in [1.54, 1.807) is 0 Å². The fourth-order valence-electron chi connectivity index (χ4n) is 2.18. The lowest BCUT2D eigenvalue weighted by molar-refractivity contribution is 0.140. The van der Waals surface area contributed by atoms with Crippen LogP contribution in [0.1, 0.15) is 11.1 Å². The van der Waals surface area contributed by atoms with Crippen LogP contribution in [0.25, 0.3) is 0 Å². The average Bonchev–Trinajstić information content (AvgIpc) is 2.87. The van der Waals surface area contributed by atoms with Crippen LogP contribution in [0.5, 0.6) is 5.75 Å². The number of benzene rings is 1. The molecular weight excluding hydrogens is 206 g/mol. The van der Waals surface area contributed by atoms with Crippen LogP contribution in [0, 0.1) is 0 Å². The molecule has 0 radical (unpaired) electrons. The predicted octanol–water partition coefficient (Wildman–Crippen LogP) is 1.27. The Morgan fingerprint density at radius 3 is 3.19 bits per heavy atom. The van der Waals surface area contributed by atoms with Crippen molar-refractivity contribution < 1.29 is 14.3 Å². The van der Waals surface area contributed by atoms with Gasteiger partial charge in [0.1, 0.15) is 11.9 Å². The normalized spacial score (nSPS) is 22.2. The van der Waals surface area contributed by atoms with E-state index >= 15 is 0 Å². The number of amides is 1. The molecule has 0 aromatic heterocycles. The van der Waals surface area contributed by atoms with Crippen LogP contribution in [0.15, 0.2) is 18.2 Å². The van der Waals surface area contributed by atoms with E-state index in [1.165, 1.54) is 11.1 Å². The number of fused-ring (bicyclic) bond motifs is 1. The van der Waals surface area contributed by atoms with Gasteiger partial charge in [-0.15, -0.1) is 0 Å². The summed E-state index contributed by atoms with van der Waals surface area (Å²) >= 11 is 0. The number of hydrogen-bond acceptors (Lipinski definition) is 3. The Kier molecular flexibility index (Phi) is 2.20. The smallest absolute Gasteiger partial charge is 0.407 e. The summed E-state index contributed by atoms with van der Waals surface area (Å²) in [5, 5.41) is 2.66. The van der Waals surface area contributed by atoms with Gasteiger partial charge in [-0.3, -0.25) is 0 Å². The highest BCUT2D eigenvalue weighted by molar-refractivity contribution is 5.69. The number of cyclic esters (lactones) is 1. The van der Waals surface area contributed by atoms with Crippen LogP contribution in [0.4, 0.5) is 4.79 Å². The van der Waals surface area contributed by atoms with E-state index < -0.39 is 0 Å². The number of alkyl carbamates (subject to hydrolysis) is 1. The molecule has 0 aliphatic carbocycles. The summed E-state index contributed by atoms with van der Waals surface area (Å²) in [5.41, 5.74) is 2.46. The molecule has 0 saturated carbocycles. The van der Waals surface area contributed by atoms with Gasteiger partial charge in [0.15, 0.2) is 0 Å². The van der Waals surface area contributed by atoms with E-state index in [-0.39, 0.29) is 12.2 Å². The largest absolute Gasteiger partial charge is 0.493 e. The van der Waals surface area contributed by atoms with Crippen molar-refractivity contribution in [3.63, 3.8) is 0 Å². The summed E-state index contributed by atoms with van der Waals surface area (Å²) in [7, 11) is 0. The maximum Gasteiger partial charge on any atom is 0.407 e. The lowest BCUT2D eigenvalue weighted by Gasteiger charge is -2.08.